The van der Waals surface area contributed by atoms with Crippen LogP contribution in [0.1, 0.15) is 11.3 Å². The van der Waals surface area contributed by atoms with Gasteiger partial charge in [-0.25, -0.2) is 0 Å². The van der Waals surface area contributed by atoms with E-state index in [1.807, 2.05) is 6.07 Å². The molecule has 2 aromatic rings. The van der Waals surface area contributed by atoms with Gasteiger partial charge in [-0.3, -0.25) is 4.72 Å². The van der Waals surface area contributed by atoms with Gasteiger partial charge >= 0.3 is 0 Å². The lowest BCUT2D eigenvalue weighted by atomic mass is 10.1. The van der Waals surface area contributed by atoms with Crippen LogP contribution in [-0.2, 0) is 6.54 Å². The van der Waals surface area contributed by atoms with Crippen molar-refractivity contribution in [2.45, 2.75) is 11.4 Å². The third-order valence-corrected chi connectivity index (χ3v) is 3.89. The second-order valence-corrected chi connectivity index (χ2v) is 5.51. The summed E-state index contributed by atoms with van der Waals surface area (Å²) < 4.78 is 8.19. The third kappa shape index (κ3) is 3.84. The number of nitrogens with one attached hydrogen (secondary N) is 2. The van der Waals surface area contributed by atoms with Crippen LogP contribution >= 0.6 is 23.5 Å². The fourth-order valence-electron chi connectivity index (χ4n) is 1.75. The molecule has 1 aromatic heterocycles. The van der Waals surface area contributed by atoms with Crippen molar-refractivity contribution in [1.82, 2.24) is 4.72 Å². The van der Waals surface area contributed by atoms with E-state index in [9.17, 15) is 0 Å². The largest absolute Gasteiger partial charge is 0.467 e. The summed E-state index contributed by atoms with van der Waals surface area (Å²) in [5.74, 6) is 0.775. The Hall–Kier alpha value is -1.83. The zero-order valence-electron chi connectivity index (χ0n) is 11.3. The highest BCUT2D eigenvalue weighted by molar-refractivity contribution is 7.97. The second kappa shape index (κ2) is 7.26. The molecule has 0 aliphatic heterocycles. The molecule has 0 saturated carbocycles. The number of furan rings is 1. The maximum absolute atomic E-state index is 8.92. The molecule has 0 atom stereocenters. The van der Waals surface area contributed by atoms with Gasteiger partial charge in [0, 0.05) is 16.1 Å². The van der Waals surface area contributed by atoms with E-state index in [0.29, 0.717) is 22.8 Å². The van der Waals surface area contributed by atoms with Crippen molar-refractivity contribution in [2.75, 3.05) is 12.4 Å². The number of anilines is 1. The highest BCUT2D eigenvalue weighted by Gasteiger charge is 2.13. The van der Waals surface area contributed by atoms with E-state index in [-0.39, 0.29) is 5.84 Å². The Morgan fingerprint density at radius 2 is 2.33 bits per heavy atom. The smallest absolute Gasteiger partial charge is 0.172 e. The maximum atomic E-state index is 8.92. The number of nitrogens with zero attached hydrogens (tertiary/aromatic N) is 1. The van der Waals surface area contributed by atoms with E-state index in [0.717, 1.165) is 10.7 Å². The fourth-order valence-corrected chi connectivity index (χ4v) is 2.58. The summed E-state index contributed by atoms with van der Waals surface area (Å²) in [6.07, 6.45) is 1.60. The van der Waals surface area contributed by atoms with Gasteiger partial charge in [-0.1, -0.05) is 16.8 Å². The summed E-state index contributed by atoms with van der Waals surface area (Å²) in [6, 6.07) is 7.14. The number of hydrogen-bond acceptors (Lipinski definition) is 6. The predicted molar refractivity (Wildman–Crippen MR) is 84.9 cm³/mol. The van der Waals surface area contributed by atoms with Crippen LogP contribution in [0.3, 0.4) is 0 Å². The average molecular weight is 327 g/mol. The standard InChI is InChI=1S/C13H15ClN4O2S/c1-16-21-12-5-9(13(15)18-19)11(6-10(12)14)17-7-8-3-2-4-20-8/h2-6,16-17,19H,7H2,1H3,(H2,15,18). The zero-order chi connectivity index (χ0) is 15.2. The van der Waals surface area contributed by atoms with Crippen molar-refractivity contribution in [3.63, 3.8) is 0 Å². The number of amidine groups is 1. The molecular formula is C13H15ClN4O2S. The molecule has 0 fully saturated rings. The fraction of sp³-hybridized carbons (Fsp3) is 0.154. The van der Waals surface area contributed by atoms with Gasteiger partial charge in [-0.2, -0.15) is 0 Å². The first-order valence-electron chi connectivity index (χ1n) is 6.07. The minimum Gasteiger partial charge on any atom is -0.467 e. The molecule has 1 aromatic carbocycles. The molecule has 0 unspecified atom stereocenters. The van der Waals surface area contributed by atoms with Crippen LogP contribution in [0.15, 0.2) is 45.0 Å². The normalized spacial score (nSPS) is 11.6. The van der Waals surface area contributed by atoms with Gasteiger partial charge in [-0.05, 0) is 43.3 Å². The molecule has 5 N–H and O–H groups in total. The van der Waals surface area contributed by atoms with Crippen LogP contribution in [0.2, 0.25) is 5.02 Å². The van der Waals surface area contributed by atoms with E-state index in [1.165, 1.54) is 11.9 Å². The highest BCUT2D eigenvalue weighted by atomic mass is 35.5. The van der Waals surface area contributed by atoms with Crippen molar-refractivity contribution in [3.8, 4) is 0 Å². The molecule has 0 saturated heterocycles. The molecule has 0 radical (unpaired) electrons. The van der Waals surface area contributed by atoms with E-state index < -0.39 is 0 Å². The number of hydrogen-bond donors (Lipinski definition) is 4. The Kier molecular flexibility index (Phi) is 5.38. The molecular weight excluding hydrogens is 312 g/mol. The molecule has 0 spiro atoms. The van der Waals surface area contributed by atoms with Crippen LogP contribution in [-0.4, -0.2) is 18.1 Å². The minimum atomic E-state index is 0.00608. The van der Waals surface area contributed by atoms with Crippen LogP contribution in [0.5, 0.6) is 0 Å². The maximum Gasteiger partial charge on any atom is 0.172 e. The number of halogens is 1. The molecule has 0 aliphatic rings. The summed E-state index contributed by atoms with van der Waals surface area (Å²) in [4.78, 5) is 0.782. The van der Waals surface area contributed by atoms with Crippen molar-refractivity contribution in [2.24, 2.45) is 10.9 Å². The second-order valence-electron chi connectivity index (χ2n) is 4.05. The van der Waals surface area contributed by atoms with Gasteiger partial charge in [0.1, 0.15) is 5.76 Å². The third-order valence-electron chi connectivity index (χ3n) is 2.70. The van der Waals surface area contributed by atoms with Crippen molar-refractivity contribution >= 4 is 35.1 Å². The van der Waals surface area contributed by atoms with Crippen LogP contribution in [0, 0.1) is 0 Å². The number of oxime groups is 1. The lowest BCUT2D eigenvalue weighted by Crippen LogP contribution is -2.16. The summed E-state index contributed by atoms with van der Waals surface area (Å²) >= 11 is 7.57. The first-order chi connectivity index (χ1) is 10.2. The zero-order valence-corrected chi connectivity index (χ0v) is 12.8. The Morgan fingerprint density at radius 3 is 2.95 bits per heavy atom. The molecule has 21 heavy (non-hydrogen) atoms. The lowest BCUT2D eigenvalue weighted by Gasteiger charge is -2.13. The summed E-state index contributed by atoms with van der Waals surface area (Å²) in [6.45, 7) is 0.466. The van der Waals surface area contributed by atoms with E-state index >= 15 is 0 Å². The Balaban J connectivity index is 2.31. The Bertz CT molecular complexity index is 631. The molecule has 0 aliphatic carbocycles. The Morgan fingerprint density at radius 1 is 1.52 bits per heavy atom. The molecule has 1 heterocycles. The Labute approximate surface area is 131 Å². The number of rotatable bonds is 6. The van der Waals surface area contributed by atoms with Crippen molar-refractivity contribution in [1.29, 1.82) is 0 Å². The molecule has 0 bridgehead atoms. The van der Waals surface area contributed by atoms with Gasteiger partial charge < -0.3 is 20.7 Å². The lowest BCUT2D eigenvalue weighted by molar-refractivity contribution is 0.318. The van der Waals surface area contributed by atoms with E-state index in [2.05, 4.69) is 15.2 Å². The van der Waals surface area contributed by atoms with Crippen LogP contribution in [0.25, 0.3) is 0 Å². The first kappa shape index (κ1) is 15.6. The van der Waals surface area contributed by atoms with Crippen LogP contribution < -0.4 is 15.8 Å². The molecule has 8 heteroatoms. The predicted octanol–water partition coefficient (Wildman–Crippen LogP) is 2.87. The summed E-state index contributed by atoms with van der Waals surface area (Å²) in [7, 11) is 1.78. The highest BCUT2D eigenvalue weighted by Crippen LogP contribution is 2.31. The van der Waals surface area contributed by atoms with Gasteiger partial charge in [0.05, 0.1) is 17.8 Å². The van der Waals surface area contributed by atoms with Gasteiger partial charge in [0.15, 0.2) is 5.84 Å². The molecule has 6 nitrogen and oxygen atoms in total. The monoisotopic (exact) mass is 326 g/mol. The van der Waals surface area contributed by atoms with Crippen molar-refractivity contribution in [3.05, 3.63) is 46.9 Å². The molecule has 2 rings (SSSR count). The quantitative estimate of drug-likeness (QED) is 0.214. The summed E-state index contributed by atoms with van der Waals surface area (Å²) in [5, 5.41) is 15.7. The van der Waals surface area contributed by atoms with E-state index in [4.69, 9.17) is 27.0 Å². The SMILES string of the molecule is CNSc1cc(/C(N)=N\O)c(NCc2ccco2)cc1Cl. The van der Waals surface area contributed by atoms with Gasteiger partial charge in [0.25, 0.3) is 0 Å². The van der Waals surface area contributed by atoms with Gasteiger partial charge in [-0.15, -0.1) is 0 Å². The molecule has 0 amide bonds. The average Bonchev–Trinajstić information content (AvgIpc) is 3.00. The number of benzene rings is 1. The first-order valence-corrected chi connectivity index (χ1v) is 7.26. The topological polar surface area (TPSA) is 95.8 Å². The minimum absolute atomic E-state index is 0.00608. The van der Waals surface area contributed by atoms with Crippen LogP contribution in [0.4, 0.5) is 5.69 Å². The summed E-state index contributed by atoms with van der Waals surface area (Å²) in [5.41, 5.74) is 6.94. The van der Waals surface area contributed by atoms with Gasteiger partial charge in [0.2, 0.25) is 0 Å². The van der Waals surface area contributed by atoms with Crippen molar-refractivity contribution < 1.29 is 9.62 Å². The molecule has 112 valence electrons. The van der Waals surface area contributed by atoms with E-state index in [1.54, 1.807) is 31.5 Å². The number of nitrogens with two attached hydrogens (primary N) is 1.